The van der Waals surface area contributed by atoms with E-state index in [4.69, 9.17) is 4.98 Å². The Balaban J connectivity index is 2.09. The van der Waals surface area contributed by atoms with E-state index in [2.05, 4.69) is 56.1 Å². The van der Waals surface area contributed by atoms with Crippen molar-refractivity contribution in [1.82, 2.24) is 4.98 Å². The fraction of sp³-hybridized carbons (Fsp3) is 0.688. The molecule has 106 valence electrons. The van der Waals surface area contributed by atoms with E-state index in [1.165, 1.54) is 19.3 Å². The van der Waals surface area contributed by atoms with Gasteiger partial charge in [-0.3, -0.25) is 0 Å². The molecule has 0 saturated carbocycles. The highest BCUT2D eigenvalue weighted by Crippen LogP contribution is 2.22. The molecule has 1 unspecified atom stereocenters. The summed E-state index contributed by atoms with van der Waals surface area (Å²) in [6.07, 6.45) is 3.90. The number of pyridine rings is 1. The van der Waals surface area contributed by atoms with Crippen LogP contribution in [0.25, 0.3) is 0 Å². The van der Waals surface area contributed by atoms with Crippen molar-refractivity contribution in [3.8, 4) is 0 Å². The monoisotopic (exact) mass is 261 g/mol. The Morgan fingerprint density at radius 1 is 1.21 bits per heavy atom. The number of hydrogen-bond donors (Lipinski definition) is 1. The number of nitrogens with zero attached hydrogens (tertiary/aromatic N) is 2. The molecule has 0 radical (unpaired) electrons. The zero-order chi connectivity index (χ0) is 13.9. The Hall–Kier alpha value is -1.25. The fourth-order valence-corrected chi connectivity index (χ4v) is 2.55. The predicted molar refractivity (Wildman–Crippen MR) is 82.8 cm³/mol. The highest BCUT2D eigenvalue weighted by atomic mass is 15.2. The molecular weight excluding hydrogens is 234 g/mol. The minimum Gasteiger partial charge on any atom is -0.365 e. The van der Waals surface area contributed by atoms with E-state index in [0.29, 0.717) is 0 Å². The Morgan fingerprint density at radius 3 is 2.74 bits per heavy atom. The van der Waals surface area contributed by atoms with Crippen molar-refractivity contribution < 1.29 is 0 Å². The van der Waals surface area contributed by atoms with Gasteiger partial charge in [-0.05, 0) is 58.1 Å². The first-order valence-corrected chi connectivity index (χ1v) is 7.44. The molecule has 1 aliphatic heterocycles. The van der Waals surface area contributed by atoms with E-state index in [0.717, 1.165) is 30.6 Å². The first-order chi connectivity index (χ1) is 8.94. The van der Waals surface area contributed by atoms with Gasteiger partial charge in [-0.25, -0.2) is 4.98 Å². The van der Waals surface area contributed by atoms with Crippen LogP contribution in [0.15, 0.2) is 18.2 Å². The van der Waals surface area contributed by atoms with Crippen LogP contribution < -0.4 is 10.2 Å². The number of rotatable bonds is 2. The van der Waals surface area contributed by atoms with Gasteiger partial charge in [0, 0.05) is 18.6 Å². The SMILES string of the molecule is CC1CCCN(c2cccc(NC(C)(C)C)n2)CC1. The van der Waals surface area contributed by atoms with E-state index in [-0.39, 0.29) is 5.54 Å². The van der Waals surface area contributed by atoms with Gasteiger partial charge in [-0.1, -0.05) is 13.0 Å². The second kappa shape index (κ2) is 5.81. The maximum Gasteiger partial charge on any atom is 0.130 e. The van der Waals surface area contributed by atoms with Crippen molar-refractivity contribution in [1.29, 1.82) is 0 Å². The molecule has 1 atom stereocenters. The summed E-state index contributed by atoms with van der Waals surface area (Å²) in [6.45, 7) is 11.1. The lowest BCUT2D eigenvalue weighted by Gasteiger charge is -2.25. The van der Waals surface area contributed by atoms with Gasteiger partial charge >= 0.3 is 0 Å². The number of hydrogen-bond acceptors (Lipinski definition) is 3. The normalized spacial score (nSPS) is 21.1. The standard InChI is InChI=1S/C16H27N3/c1-13-7-6-11-19(12-10-13)15-9-5-8-14(17-15)18-16(2,3)4/h5,8-9,13H,6-7,10-12H2,1-4H3,(H,17,18). The van der Waals surface area contributed by atoms with Crippen LogP contribution in [-0.4, -0.2) is 23.6 Å². The van der Waals surface area contributed by atoms with Crippen LogP contribution in [0, 0.1) is 5.92 Å². The third-order valence-corrected chi connectivity index (χ3v) is 3.58. The highest BCUT2D eigenvalue weighted by Gasteiger charge is 2.16. The van der Waals surface area contributed by atoms with Crippen LogP contribution >= 0.6 is 0 Å². The number of anilines is 2. The van der Waals surface area contributed by atoms with Crippen molar-refractivity contribution in [2.45, 2.75) is 52.5 Å². The van der Waals surface area contributed by atoms with E-state index in [9.17, 15) is 0 Å². The molecule has 3 heteroatoms. The van der Waals surface area contributed by atoms with Crippen LogP contribution in [-0.2, 0) is 0 Å². The second-order valence-corrected chi connectivity index (χ2v) is 6.78. The maximum absolute atomic E-state index is 4.76. The molecule has 2 rings (SSSR count). The van der Waals surface area contributed by atoms with Crippen LogP contribution in [0.4, 0.5) is 11.6 Å². The largest absolute Gasteiger partial charge is 0.365 e. The molecule has 1 saturated heterocycles. The van der Waals surface area contributed by atoms with Crippen molar-refractivity contribution in [3.05, 3.63) is 18.2 Å². The summed E-state index contributed by atoms with van der Waals surface area (Å²) < 4.78 is 0. The quantitative estimate of drug-likeness (QED) is 0.874. The lowest BCUT2D eigenvalue weighted by molar-refractivity contribution is 0.521. The molecule has 1 aliphatic rings. The average molecular weight is 261 g/mol. The van der Waals surface area contributed by atoms with Crippen LogP contribution in [0.5, 0.6) is 0 Å². The minimum atomic E-state index is 0.0545. The van der Waals surface area contributed by atoms with Crippen LogP contribution in [0.1, 0.15) is 47.0 Å². The van der Waals surface area contributed by atoms with Crippen LogP contribution in [0.3, 0.4) is 0 Å². The van der Waals surface area contributed by atoms with Crippen molar-refractivity contribution in [3.63, 3.8) is 0 Å². The summed E-state index contributed by atoms with van der Waals surface area (Å²) in [5.74, 6) is 2.94. The van der Waals surface area contributed by atoms with Gasteiger partial charge in [0.25, 0.3) is 0 Å². The molecule has 0 amide bonds. The van der Waals surface area contributed by atoms with E-state index in [1.807, 2.05) is 0 Å². The highest BCUT2D eigenvalue weighted by molar-refractivity contribution is 5.48. The van der Waals surface area contributed by atoms with E-state index in [1.54, 1.807) is 0 Å². The van der Waals surface area contributed by atoms with E-state index >= 15 is 0 Å². The Kier molecular flexibility index (Phi) is 4.33. The third-order valence-electron chi connectivity index (χ3n) is 3.58. The third kappa shape index (κ3) is 4.41. The molecular formula is C16H27N3. The zero-order valence-corrected chi connectivity index (χ0v) is 12.7. The summed E-state index contributed by atoms with van der Waals surface area (Å²) in [5, 5.41) is 3.45. The molecule has 1 aromatic heterocycles. The molecule has 1 N–H and O–H groups in total. The molecule has 3 nitrogen and oxygen atoms in total. The van der Waals surface area contributed by atoms with Gasteiger partial charge in [0.05, 0.1) is 0 Å². The number of nitrogens with one attached hydrogen (secondary N) is 1. The Labute approximate surface area is 117 Å². The molecule has 0 bridgehead atoms. The summed E-state index contributed by atoms with van der Waals surface area (Å²) in [6, 6.07) is 6.28. The first kappa shape index (κ1) is 14.2. The second-order valence-electron chi connectivity index (χ2n) is 6.78. The van der Waals surface area contributed by atoms with Gasteiger partial charge in [0.1, 0.15) is 11.6 Å². The molecule has 0 spiro atoms. The van der Waals surface area contributed by atoms with Gasteiger partial charge < -0.3 is 10.2 Å². The molecule has 1 fully saturated rings. The summed E-state index contributed by atoms with van der Waals surface area (Å²) in [7, 11) is 0. The Bertz CT molecular complexity index is 409. The van der Waals surface area contributed by atoms with Gasteiger partial charge in [-0.15, -0.1) is 0 Å². The van der Waals surface area contributed by atoms with Gasteiger partial charge in [0.15, 0.2) is 0 Å². The average Bonchev–Trinajstić information content (AvgIpc) is 2.52. The zero-order valence-electron chi connectivity index (χ0n) is 12.7. The van der Waals surface area contributed by atoms with Crippen LogP contribution in [0.2, 0.25) is 0 Å². The van der Waals surface area contributed by atoms with Gasteiger partial charge in [0.2, 0.25) is 0 Å². The first-order valence-electron chi connectivity index (χ1n) is 7.44. The van der Waals surface area contributed by atoms with Crippen molar-refractivity contribution in [2.75, 3.05) is 23.3 Å². The Morgan fingerprint density at radius 2 is 2.00 bits per heavy atom. The smallest absolute Gasteiger partial charge is 0.130 e. The van der Waals surface area contributed by atoms with Crippen molar-refractivity contribution >= 4 is 11.6 Å². The summed E-state index contributed by atoms with van der Waals surface area (Å²) in [5.41, 5.74) is 0.0545. The molecule has 2 heterocycles. The topological polar surface area (TPSA) is 28.2 Å². The van der Waals surface area contributed by atoms with Crippen molar-refractivity contribution in [2.24, 2.45) is 5.92 Å². The predicted octanol–water partition coefficient (Wildman–Crippen LogP) is 3.92. The summed E-state index contributed by atoms with van der Waals surface area (Å²) in [4.78, 5) is 7.19. The van der Waals surface area contributed by atoms with E-state index < -0.39 is 0 Å². The summed E-state index contributed by atoms with van der Waals surface area (Å²) >= 11 is 0. The lowest BCUT2D eigenvalue weighted by atomic mass is 10.0. The molecule has 0 aliphatic carbocycles. The van der Waals surface area contributed by atoms with Gasteiger partial charge in [-0.2, -0.15) is 0 Å². The maximum atomic E-state index is 4.76. The number of aromatic nitrogens is 1. The molecule has 1 aromatic rings. The minimum absolute atomic E-state index is 0.0545. The molecule has 0 aromatic carbocycles. The molecule has 19 heavy (non-hydrogen) atoms. The fourth-order valence-electron chi connectivity index (χ4n) is 2.55. The lowest BCUT2D eigenvalue weighted by Crippen LogP contribution is -2.28.